The fourth-order valence-electron chi connectivity index (χ4n) is 1.01. The minimum atomic E-state index is 0.0219. The zero-order chi connectivity index (χ0) is 8.04. The first-order valence-electron chi connectivity index (χ1n) is 3.96. The molecule has 0 saturated carbocycles. The first-order chi connectivity index (χ1) is 4.62. The third-order valence-corrected chi connectivity index (χ3v) is 1.46. The van der Waals surface area contributed by atoms with Crippen molar-refractivity contribution >= 4 is 0 Å². The van der Waals surface area contributed by atoms with Crippen LogP contribution >= 0.6 is 0 Å². The van der Waals surface area contributed by atoms with E-state index in [9.17, 15) is 0 Å². The molecule has 0 aromatic carbocycles. The summed E-state index contributed by atoms with van der Waals surface area (Å²) in [6.45, 7) is 7.66. The molecule has 0 aromatic rings. The van der Waals surface area contributed by atoms with Gasteiger partial charge < -0.3 is 10.5 Å². The first kappa shape index (κ1) is 9.92. The summed E-state index contributed by atoms with van der Waals surface area (Å²) >= 11 is 0. The highest BCUT2D eigenvalue weighted by molar-refractivity contribution is 4.66. The van der Waals surface area contributed by atoms with Gasteiger partial charge in [0.2, 0.25) is 0 Å². The summed E-state index contributed by atoms with van der Waals surface area (Å²) in [6, 6.07) is 0. The second-order valence-electron chi connectivity index (χ2n) is 3.15. The SMILES string of the molecule is CCCC(C)(C)OCCN. The fourth-order valence-corrected chi connectivity index (χ4v) is 1.01. The average Bonchev–Trinajstić information content (AvgIpc) is 1.84. The highest BCUT2D eigenvalue weighted by Gasteiger charge is 2.15. The molecule has 0 rings (SSSR count). The van der Waals surface area contributed by atoms with E-state index in [-0.39, 0.29) is 5.60 Å². The molecule has 0 bridgehead atoms. The Labute approximate surface area is 63.7 Å². The molecule has 0 radical (unpaired) electrons. The van der Waals surface area contributed by atoms with Crippen LogP contribution in [0.25, 0.3) is 0 Å². The molecular weight excluding hydrogens is 126 g/mol. The molecule has 0 aliphatic rings. The summed E-state index contributed by atoms with van der Waals surface area (Å²) in [7, 11) is 0. The topological polar surface area (TPSA) is 35.2 Å². The maximum Gasteiger partial charge on any atom is 0.0627 e. The average molecular weight is 145 g/mol. The maximum absolute atomic E-state index is 5.49. The second kappa shape index (κ2) is 4.69. The summed E-state index contributed by atoms with van der Waals surface area (Å²) in [4.78, 5) is 0. The van der Waals surface area contributed by atoms with E-state index in [0.29, 0.717) is 13.2 Å². The van der Waals surface area contributed by atoms with Crippen LogP contribution in [-0.4, -0.2) is 18.8 Å². The lowest BCUT2D eigenvalue weighted by molar-refractivity contribution is -0.0194. The predicted octanol–water partition coefficient (Wildman–Crippen LogP) is 1.54. The number of rotatable bonds is 5. The third-order valence-electron chi connectivity index (χ3n) is 1.46. The van der Waals surface area contributed by atoms with Gasteiger partial charge >= 0.3 is 0 Å². The largest absolute Gasteiger partial charge is 0.374 e. The van der Waals surface area contributed by atoms with Gasteiger partial charge in [0.05, 0.1) is 12.2 Å². The van der Waals surface area contributed by atoms with Crippen LogP contribution in [0.3, 0.4) is 0 Å². The molecule has 10 heavy (non-hydrogen) atoms. The van der Waals surface area contributed by atoms with Crippen LogP contribution in [0.2, 0.25) is 0 Å². The Morgan fingerprint density at radius 2 is 2.00 bits per heavy atom. The van der Waals surface area contributed by atoms with E-state index in [0.717, 1.165) is 12.8 Å². The molecule has 62 valence electrons. The second-order valence-corrected chi connectivity index (χ2v) is 3.15. The molecule has 0 unspecified atom stereocenters. The molecule has 0 fully saturated rings. The lowest BCUT2D eigenvalue weighted by atomic mass is 10.0. The highest BCUT2D eigenvalue weighted by atomic mass is 16.5. The van der Waals surface area contributed by atoms with Crippen LogP contribution in [-0.2, 0) is 4.74 Å². The van der Waals surface area contributed by atoms with E-state index in [4.69, 9.17) is 10.5 Å². The quantitative estimate of drug-likeness (QED) is 0.637. The van der Waals surface area contributed by atoms with Crippen LogP contribution in [0.4, 0.5) is 0 Å². The van der Waals surface area contributed by atoms with Gasteiger partial charge in [-0.15, -0.1) is 0 Å². The molecule has 0 saturated heterocycles. The Balaban J connectivity index is 3.42. The lowest BCUT2D eigenvalue weighted by Crippen LogP contribution is -2.27. The van der Waals surface area contributed by atoms with Crippen LogP contribution in [0.5, 0.6) is 0 Å². The van der Waals surface area contributed by atoms with Crippen molar-refractivity contribution in [3.8, 4) is 0 Å². The van der Waals surface area contributed by atoms with Crippen LogP contribution < -0.4 is 5.73 Å². The maximum atomic E-state index is 5.49. The molecule has 0 aliphatic heterocycles. The Kier molecular flexibility index (Phi) is 4.65. The van der Waals surface area contributed by atoms with E-state index < -0.39 is 0 Å². The first-order valence-corrected chi connectivity index (χ1v) is 3.96. The van der Waals surface area contributed by atoms with Gasteiger partial charge in [-0.05, 0) is 20.3 Å². The van der Waals surface area contributed by atoms with E-state index >= 15 is 0 Å². The van der Waals surface area contributed by atoms with Crippen molar-refractivity contribution in [2.45, 2.75) is 39.2 Å². The molecule has 2 heteroatoms. The standard InChI is InChI=1S/C8H19NO/c1-4-5-8(2,3)10-7-6-9/h4-7,9H2,1-3H3. The fraction of sp³-hybridized carbons (Fsp3) is 1.00. The van der Waals surface area contributed by atoms with Gasteiger partial charge in [-0.3, -0.25) is 0 Å². The molecule has 2 nitrogen and oxygen atoms in total. The Bertz CT molecular complexity index is 81.3. The predicted molar refractivity (Wildman–Crippen MR) is 44.0 cm³/mol. The molecule has 0 heterocycles. The van der Waals surface area contributed by atoms with Gasteiger partial charge in [0, 0.05) is 6.54 Å². The van der Waals surface area contributed by atoms with Crippen LogP contribution in [0.15, 0.2) is 0 Å². The highest BCUT2D eigenvalue weighted by Crippen LogP contribution is 2.15. The summed E-state index contributed by atoms with van der Waals surface area (Å²) < 4.78 is 5.49. The Morgan fingerprint density at radius 3 is 2.40 bits per heavy atom. The number of nitrogens with two attached hydrogens (primary N) is 1. The van der Waals surface area contributed by atoms with E-state index in [2.05, 4.69) is 20.8 Å². The van der Waals surface area contributed by atoms with E-state index in [1.165, 1.54) is 0 Å². The van der Waals surface area contributed by atoms with E-state index in [1.807, 2.05) is 0 Å². The zero-order valence-corrected chi connectivity index (χ0v) is 7.31. The third kappa shape index (κ3) is 4.77. The smallest absolute Gasteiger partial charge is 0.0627 e. The van der Waals surface area contributed by atoms with Crippen molar-refractivity contribution in [1.29, 1.82) is 0 Å². The zero-order valence-electron chi connectivity index (χ0n) is 7.31. The molecule has 0 aromatic heterocycles. The van der Waals surface area contributed by atoms with E-state index in [1.54, 1.807) is 0 Å². The van der Waals surface area contributed by atoms with Gasteiger partial charge in [0.1, 0.15) is 0 Å². The van der Waals surface area contributed by atoms with Gasteiger partial charge in [-0.25, -0.2) is 0 Å². The Morgan fingerprint density at radius 1 is 1.40 bits per heavy atom. The van der Waals surface area contributed by atoms with Gasteiger partial charge in [0.15, 0.2) is 0 Å². The Hall–Kier alpha value is -0.0800. The molecule has 0 aliphatic carbocycles. The normalized spacial score (nSPS) is 12.0. The van der Waals surface area contributed by atoms with Gasteiger partial charge in [-0.2, -0.15) is 0 Å². The minimum Gasteiger partial charge on any atom is -0.374 e. The van der Waals surface area contributed by atoms with Crippen LogP contribution in [0, 0.1) is 0 Å². The van der Waals surface area contributed by atoms with Crippen LogP contribution in [0.1, 0.15) is 33.6 Å². The molecule has 0 amide bonds. The number of ether oxygens (including phenoxy) is 1. The minimum absolute atomic E-state index is 0.0219. The molecule has 0 spiro atoms. The van der Waals surface area contributed by atoms with Crippen molar-refractivity contribution in [3.63, 3.8) is 0 Å². The van der Waals surface area contributed by atoms with Crippen molar-refractivity contribution in [2.24, 2.45) is 5.73 Å². The number of hydrogen-bond acceptors (Lipinski definition) is 2. The summed E-state index contributed by atoms with van der Waals surface area (Å²) in [6.07, 6.45) is 2.27. The molecule has 2 N–H and O–H groups in total. The summed E-state index contributed by atoms with van der Waals surface area (Å²) in [5.41, 5.74) is 5.33. The summed E-state index contributed by atoms with van der Waals surface area (Å²) in [5, 5.41) is 0. The lowest BCUT2D eigenvalue weighted by Gasteiger charge is -2.24. The van der Waals surface area contributed by atoms with Crippen molar-refractivity contribution in [3.05, 3.63) is 0 Å². The van der Waals surface area contributed by atoms with Crippen molar-refractivity contribution in [1.82, 2.24) is 0 Å². The van der Waals surface area contributed by atoms with Crippen molar-refractivity contribution in [2.75, 3.05) is 13.2 Å². The monoisotopic (exact) mass is 145 g/mol. The number of hydrogen-bond donors (Lipinski definition) is 1. The molecule has 0 atom stereocenters. The van der Waals surface area contributed by atoms with Gasteiger partial charge in [0.25, 0.3) is 0 Å². The van der Waals surface area contributed by atoms with Crippen molar-refractivity contribution < 1.29 is 4.74 Å². The molecular formula is C8H19NO. The summed E-state index contributed by atoms with van der Waals surface area (Å²) in [5.74, 6) is 0. The van der Waals surface area contributed by atoms with Gasteiger partial charge in [-0.1, -0.05) is 13.3 Å².